The Balaban J connectivity index is 2.34. The van der Waals surface area contributed by atoms with E-state index in [1.807, 2.05) is 30.3 Å². The number of ketones is 1. The maximum atomic E-state index is 12.9. The van der Waals surface area contributed by atoms with E-state index in [0.29, 0.717) is 13.0 Å². The van der Waals surface area contributed by atoms with Crippen LogP contribution in [0.4, 0.5) is 4.79 Å². The Kier molecular flexibility index (Phi) is 5.26. The molecule has 0 unspecified atom stereocenters. The van der Waals surface area contributed by atoms with Gasteiger partial charge in [-0.2, -0.15) is 0 Å². The van der Waals surface area contributed by atoms with E-state index >= 15 is 0 Å². The van der Waals surface area contributed by atoms with Crippen LogP contribution in [0.1, 0.15) is 32.8 Å². The lowest BCUT2D eigenvalue weighted by Crippen LogP contribution is -2.61. The Labute approximate surface area is 142 Å². The minimum absolute atomic E-state index is 0.00225. The highest BCUT2D eigenvalue weighted by molar-refractivity contribution is 5.92. The largest absolute Gasteiger partial charge is 0.530 e. The van der Waals surface area contributed by atoms with Crippen molar-refractivity contribution in [3.8, 4) is 0 Å². The van der Waals surface area contributed by atoms with Crippen molar-refractivity contribution in [1.29, 1.82) is 0 Å². The fourth-order valence-corrected chi connectivity index (χ4v) is 3.02. The molecule has 2 rings (SSSR count). The Bertz CT molecular complexity index is 622. The van der Waals surface area contributed by atoms with Gasteiger partial charge >= 0.3 is 0 Å². The Morgan fingerprint density at radius 3 is 2.33 bits per heavy atom. The van der Waals surface area contributed by atoms with E-state index in [1.54, 1.807) is 20.8 Å². The van der Waals surface area contributed by atoms with E-state index < -0.39 is 17.7 Å². The molecule has 0 spiro atoms. The van der Waals surface area contributed by atoms with Gasteiger partial charge in [0.2, 0.25) is 5.91 Å². The van der Waals surface area contributed by atoms with Crippen molar-refractivity contribution >= 4 is 17.8 Å². The summed E-state index contributed by atoms with van der Waals surface area (Å²) in [5.74, 6) is -0.346. The van der Waals surface area contributed by atoms with E-state index in [4.69, 9.17) is 0 Å². The predicted octanol–water partition coefficient (Wildman–Crippen LogP) is 0.843. The molecule has 1 aromatic rings. The highest BCUT2D eigenvalue weighted by Gasteiger charge is 2.38. The predicted molar refractivity (Wildman–Crippen MR) is 87.1 cm³/mol. The Hall–Kier alpha value is -2.37. The van der Waals surface area contributed by atoms with Gasteiger partial charge in [-0.1, -0.05) is 30.3 Å². The van der Waals surface area contributed by atoms with Crippen molar-refractivity contribution in [2.24, 2.45) is 0 Å². The Morgan fingerprint density at radius 2 is 1.88 bits per heavy atom. The lowest BCUT2D eigenvalue weighted by atomic mass is 9.97. The summed E-state index contributed by atoms with van der Waals surface area (Å²) in [5.41, 5.74) is 0.0642. The summed E-state index contributed by atoms with van der Waals surface area (Å²) < 4.78 is 0. The van der Waals surface area contributed by atoms with Crippen molar-refractivity contribution in [3.63, 3.8) is 0 Å². The first-order chi connectivity index (χ1) is 11.2. The number of rotatable bonds is 4. The summed E-state index contributed by atoms with van der Waals surface area (Å²) in [6.07, 6.45) is -0.817. The van der Waals surface area contributed by atoms with Crippen LogP contribution < -0.4 is 5.11 Å². The molecule has 0 bridgehead atoms. The molecule has 1 saturated heterocycles. The lowest BCUT2D eigenvalue weighted by molar-refractivity contribution is -0.273. The third-order valence-corrected chi connectivity index (χ3v) is 4.13. The SMILES string of the molecule is CC(C)(C)N(C(=O)[O-])[C@@H](Cc1ccccc1)C(=O)N1CCC(=O)C1. The maximum Gasteiger partial charge on any atom is 0.246 e. The number of Topliss-reactive ketones (excluding diaryl/α,β-unsaturated/α-hetero) is 1. The van der Waals surface area contributed by atoms with Crippen LogP contribution in [0.5, 0.6) is 0 Å². The van der Waals surface area contributed by atoms with E-state index in [0.717, 1.165) is 10.5 Å². The molecule has 1 aliphatic rings. The molecule has 1 atom stereocenters. The highest BCUT2D eigenvalue weighted by Crippen LogP contribution is 2.22. The topological polar surface area (TPSA) is 80.8 Å². The molecule has 0 aliphatic carbocycles. The van der Waals surface area contributed by atoms with Crippen LogP contribution in [0.3, 0.4) is 0 Å². The van der Waals surface area contributed by atoms with Crippen LogP contribution in [0, 0.1) is 0 Å². The lowest BCUT2D eigenvalue weighted by Gasteiger charge is -2.44. The summed E-state index contributed by atoms with van der Waals surface area (Å²) in [6, 6.07) is 8.34. The van der Waals surface area contributed by atoms with Crippen LogP contribution in [0.15, 0.2) is 30.3 Å². The van der Waals surface area contributed by atoms with Crippen LogP contribution in [0.25, 0.3) is 0 Å². The van der Waals surface area contributed by atoms with Gasteiger partial charge in [0, 0.05) is 24.9 Å². The van der Waals surface area contributed by atoms with E-state index in [2.05, 4.69) is 0 Å². The van der Waals surface area contributed by atoms with Gasteiger partial charge in [-0.25, -0.2) is 0 Å². The average molecular weight is 331 g/mol. The number of carbonyl (C=O) groups excluding carboxylic acids is 3. The molecule has 1 fully saturated rings. The fourth-order valence-electron chi connectivity index (χ4n) is 3.02. The molecule has 2 amide bonds. The second-order valence-corrected chi connectivity index (χ2v) is 7.06. The Morgan fingerprint density at radius 1 is 1.25 bits per heavy atom. The maximum absolute atomic E-state index is 12.9. The van der Waals surface area contributed by atoms with Gasteiger partial charge in [0.1, 0.15) is 12.1 Å². The zero-order valence-corrected chi connectivity index (χ0v) is 14.3. The number of amides is 2. The van der Waals surface area contributed by atoms with Crippen LogP contribution in [-0.4, -0.2) is 52.3 Å². The summed E-state index contributed by atoms with van der Waals surface area (Å²) in [5, 5.41) is 11.7. The number of carbonyl (C=O) groups is 3. The minimum atomic E-state index is -1.39. The number of hydrogen-bond donors (Lipinski definition) is 0. The molecule has 6 nitrogen and oxygen atoms in total. The molecule has 1 aliphatic heterocycles. The van der Waals surface area contributed by atoms with E-state index in [1.165, 1.54) is 4.90 Å². The standard InChI is InChI=1S/C18H24N2O4/c1-18(2,3)20(17(23)24)15(11-13-7-5-4-6-8-13)16(22)19-10-9-14(21)12-19/h4-8,15H,9-12H2,1-3H3,(H,23,24)/p-1/t15-/m0/s1. The monoisotopic (exact) mass is 331 g/mol. The smallest absolute Gasteiger partial charge is 0.246 e. The van der Waals surface area contributed by atoms with Crippen LogP contribution in [-0.2, 0) is 16.0 Å². The van der Waals surface area contributed by atoms with Gasteiger partial charge in [0.15, 0.2) is 5.78 Å². The number of benzene rings is 1. The molecule has 0 aromatic heterocycles. The van der Waals surface area contributed by atoms with Gasteiger partial charge in [-0.15, -0.1) is 0 Å². The summed E-state index contributed by atoms with van der Waals surface area (Å²) in [6.45, 7) is 5.57. The van der Waals surface area contributed by atoms with Crippen LogP contribution >= 0.6 is 0 Å². The number of carboxylic acid groups (broad SMARTS) is 1. The van der Waals surface area contributed by atoms with Gasteiger partial charge in [0.25, 0.3) is 0 Å². The molecule has 0 N–H and O–H groups in total. The van der Waals surface area contributed by atoms with Crippen molar-refractivity contribution < 1.29 is 19.5 Å². The molecule has 6 heteroatoms. The first-order valence-electron chi connectivity index (χ1n) is 8.05. The molecule has 24 heavy (non-hydrogen) atoms. The summed E-state index contributed by atoms with van der Waals surface area (Å²) in [4.78, 5) is 38.7. The molecule has 0 saturated carbocycles. The summed E-state index contributed by atoms with van der Waals surface area (Å²) >= 11 is 0. The third-order valence-electron chi connectivity index (χ3n) is 4.13. The number of nitrogens with zero attached hydrogens (tertiary/aromatic N) is 2. The second kappa shape index (κ2) is 7.03. The third kappa shape index (κ3) is 4.13. The first-order valence-corrected chi connectivity index (χ1v) is 8.05. The second-order valence-electron chi connectivity index (χ2n) is 7.06. The van der Waals surface area contributed by atoms with Gasteiger partial charge in [-0.3, -0.25) is 9.59 Å². The number of likely N-dealkylation sites (tertiary alicyclic amines) is 1. The minimum Gasteiger partial charge on any atom is -0.530 e. The molecule has 1 heterocycles. The quantitative estimate of drug-likeness (QED) is 0.819. The van der Waals surface area contributed by atoms with E-state index in [9.17, 15) is 19.5 Å². The van der Waals surface area contributed by atoms with Crippen molar-refractivity contribution in [2.45, 2.75) is 45.2 Å². The summed E-state index contributed by atoms with van der Waals surface area (Å²) in [7, 11) is 0. The van der Waals surface area contributed by atoms with Crippen molar-refractivity contribution in [1.82, 2.24) is 9.80 Å². The van der Waals surface area contributed by atoms with Gasteiger partial charge in [-0.05, 0) is 26.3 Å². The highest BCUT2D eigenvalue weighted by atomic mass is 16.4. The molecule has 130 valence electrons. The molecular weight excluding hydrogens is 308 g/mol. The van der Waals surface area contributed by atoms with Crippen LogP contribution in [0.2, 0.25) is 0 Å². The molecular formula is C18H23N2O4-. The number of hydrogen-bond acceptors (Lipinski definition) is 4. The fraction of sp³-hybridized carbons (Fsp3) is 0.500. The molecule has 1 aromatic carbocycles. The van der Waals surface area contributed by atoms with E-state index in [-0.39, 0.29) is 24.7 Å². The normalized spacial score (nSPS) is 16.1. The van der Waals surface area contributed by atoms with Gasteiger partial charge < -0.3 is 19.7 Å². The zero-order valence-electron chi connectivity index (χ0n) is 14.3. The van der Waals surface area contributed by atoms with Gasteiger partial charge in [0.05, 0.1) is 6.54 Å². The average Bonchev–Trinajstić information content (AvgIpc) is 2.91. The molecule has 0 radical (unpaired) electrons. The zero-order chi connectivity index (χ0) is 17.9. The van der Waals surface area contributed by atoms with Crippen molar-refractivity contribution in [3.05, 3.63) is 35.9 Å². The first kappa shape index (κ1) is 18.0. The van der Waals surface area contributed by atoms with Crippen molar-refractivity contribution in [2.75, 3.05) is 13.1 Å².